The predicted octanol–water partition coefficient (Wildman–Crippen LogP) is 0.124. The summed E-state index contributed by atoms with van der Waals surface area (Å²) in [6, 6.07) is 0. The molecule has 0 unspecified atom stereocenters. The van der Waals surface area contributed by atoms with Gasteiger partial charge < -0.3 is 0 Å². The lowest BCUT2D eigenvalue weighted by Crippen LogP contribution is -2.08. The second-order valence-corrected chi connectivity index (χ2v) is 4.62. The van der Waals surface area contributed by atoms with Crippen LogP contribution in [-0.2, 0) is 9.84 Å². The number of hydrogen-bond acceptors (Lipinski definition) is 4. The Balaban J connectivity index is 2.87. The van der Waals surface area contributed by atoms with Crippen molar-refractivity contribution >= 4 is 21.8 Å². The van der Waals surface area contributed by atoms with E-state index in [2.05, 4.69) is 4.72 Å². The first-order valence-electron chi connectivity index (χ1n) is 2.38. The van der Waals surface area contributed by atoms with Gasteiger partial charge in [0.1, 0.15) is 0 Å². The molecule has 52 valence electrons. The summed E-state index contributed by atoms with van der Waals surface area (Å²) in [6.45, 7) is 0.462. The van der Waals surface area contributed by atoms with Crippen LogP contribution in [-0.4, -0.2) is 21.2 Å². The molecule has 1 rings (SSSR count). The standard InChI is InChI=1S/C4H7NO2S2/c1-9(6,7)4-2-5-8-3-4/h3,5H,2H2,1H3. The van der Waals surface area contributed by atoms with Crippen LogP contribution in [0, 0.1) is 0 Å². The summed E-state index contributed by atoms with van der Waals surface area (Å²) in [4.78, 5) is 0.479. The summed E-state index contributed by atoms with van der Waals surface area (Å²) in [5, 5.41) is 1.62. The number of nitrogens with one attached hydrogen (secondary N) is 1. The average molecular weight is 165 g/mol. The van der Waals surface area contributed by atoms with Gasteiger partial charge in [-0.15, -0.1) is 0 Å². The van der Waals surface area contributed by atoms with Crippen molar-refractivity contribution in [1.82, 2.24) is 4.72 Å². The SMILES string of the molecule is CS(=O)(=O)C1=CSNC1. The van der Waals surface area contributed by atoms with E-state index in [1.165, 1.54) is 18.2 Å². The van der Waals surface area contributed by atoms with E-state index < -0.39 is 9.84 Å². The van der Waals surface area contributed by atoms with Gasteiger partial charge in [0, 0.05) is 18.2 Å². The van der Waals surface area contributed by atoms with E-state index in [4.69, 9.17) is 0 Å². The van der Waals surface area contributed by atoms with E-state index in [0.717, 1.165) is 0 Å². The molecule has 0 saturated carbocycles. The van der Waals surface area contributed by atoms with Crippen LogP contribution in [0.2, 0.25) is 0 Å². The minimum Gasteiger partial charge on any atom is -0.255 e. The molecule has 9 heavy (non-hydrogen) atoms. The molecular formula is C4H7NO2S2. The molecule has 0 aliphatic carbocycles. The average Bonchev–Trinajstić information content (AvgIpc) is 2.08. The van der Waals surface area contributed by atoms with Crippen LogP contribution < -0.4 is 4.72 Å². The van der Waals surface area contributed by atoms with E-state index >= 15 is 0 Å². The third-order valence-corrected chi connectivity index (χ3v) is 3.07. The van der Waals surface area contributed by atoms with Gasteiger partial charge in [0.15, 0.2) is 9.84 Å². The van der Waals surface area contributed by atoms with Gasteiger partial charge in [0.05, 0.1) is 4.91 Å². The minimum atomic E-state index is -2.92. The first kappa shape index (κ1) is 7.11. The van der Waals surface area contributed by atoms with Crippen LogP contribution in [0.5, 0.6) is 0 Å². The van der Waals surface area contributed by atoms with Crippen molar-refractivity contribution in [2.75, 3.05) is 12.8 Å². The first-order chi connectivity index (χ1) is 4.11. The van der Waals surface area contributed by atoms with Crippen molar-refractivity contribution in [1.29, 1.82) is 0 Å². The van der Waals surface area contributed by atoms with Crippen molar-refractivity contribution in [3.05, 3.63) is 10.3 Å². The van der Waals surface area contributed by atoms with E-state index in [0.29, 0.717) is 11.4 Å². The van der Waals surface area contributed by atoms with Gasteiger partial charge in [-0.1, -0.05) is 11.9 Å². The van der Waals surface area contributed by atoms with Crippen molar-refractivity contribution in [3.8, 4) is 0 Å². The molecule has 0 saturated heterocycles. The highest BCUT2D eigenvalue weighted by Gasteiger charge is 2.14. The summed E-state index contributed by atoms with van der Waals surface area (Å²) < 4.78 is 24.2. The fraction of sp³-hybridized carbons (Fsp3) is 0.500. The molecular weight excluding hydrogens is 158 g/mol. The number of hydrogen-bond donors (Lipinski definition) is 1. The molecule has 0 atom stereocenters. The molecule has 0 amide bonds. The van der Waals surface area contributed by atoms with Crippen LogP contribution in [0.25, 0.3) is 0 Å². The third kappa shape index (κ3) is 1.70. The zero-order chi connectivity index (χ0) is 6.91. The maximum Gasteiger partial charge on any atom is 0.173 e. The summed E-state index contributed by atoms with van der Waals surface area (Å²) in [5.74, 6) is 0. The Hall–Kier alpha value is -0.0000000000000000763. The van der Waals surface area contributed by atoms with Gasteiger partial charge in [-0.25, -0.2) is 8.42 Å². The van der Waals surface area contributed by atoms with E-state index in [1.54, 1.807) is 5.41 Å². The Morgan fingerprint density at radius 2 is 2.44 bits per heavy atom. The van der Waals surface area contributed by atoms with Crippen LogP contribution in [0.15, 0.2) is 10.3 Å². The molecule has 0 radical (unpaired) electrons. The molecule has 5 heteroatoms. The zero-order valence-corrected chi connectivity index (χ0v) is 6.55. The van der Waals surface area contributed by atoms with Crippen molar-refractivity contribution < 1.29 is 8.42 Å². The highest BCUT2D eigenvalue weighted by Crippen LogP contribution is 2.15. The third-order valence-electron chi connectivity index (χ3n) is 0.996. The molecule has 0 aromatic rings. The van der Waals surface area contributed by atoms with Crippen molar-refractivity contribution in [2.24, 2.45) is 0 Å². The summed E-state index contributed by atoms with van der Waals surface area (Å²) in [5.41, 5.74) is 0. The Labute approximate surface area is 58.6 Å². The predicted molar refractivity (Wildman–Crippen MR) is 38.5 cm³/mol. The minimum absolute atomic E-state index is 0.462. The molecule has 1 heterocycles. The molecule has 0 aromatic carbocycles. The lowest BCUT2D eigenvalue weighted by molar-refractivity contribution is 0.607. The summed E-state index contributed by atoms with van der Waals surface area (Å²) in [6.07, 6.45) is 1.21. The zero-order valence-electron chi connectivity index (χ0n) is 4.92. The van der Waals surface area contributed by atoms with Crippen LogP contribution in [0.1, 0.15) is 0 Å². The lowest BCUT2D eigenvalue weighted by Gasteiger charge is -1.93. The molecule has 0 spiro atoms. The van der Waals surface area contributed by atoms with Gasteiger partial charge in [-0.05, 0) is 0 Å². The highest BCUT2D eigenvalue weighted by atomic mass is 32.2. The smallest absolute Gasteiger partial charge is 0.173 e. The largest absolute Gasteiger partial charge is 0.255 e. The normalized spacial score (nSPS) is 19.9. The topological polar surface area (TPSA) is 46.2 Å². The van der Waals surface area contributed by atoms with Crippen molar-refractivity contribution in [3.63, 3.8) is 0 Å². The molecule has 1 aliphatic heterocycles. The van der Waals surface area contributed by atoms with Gasteiger partial charge in [-0.3, -0.25) is 4.72 Å². The van der Waals surface area contributed by atoms with Crippen LogP contribution in [0.4, 0.5) is 0 Å². The highest BCUT2D eigenvalue weighted by molar-refractivity contribution is 8.02. The molecule has 0 bridgehead atoms. The van der Waals surface area contributed by atoms with Crippen LogP contribution in [0.3, 0.4) is 0 Å². The molecule has 1 N–H and O–H groups in total. The van der Waals surface area contributed by atoms with Gasteiger partial charge in [0.2, 0.25) is 0 Å². The van der Waals surface area contributed by atoms with E-state index in [1.807, 2.05) is 0 Å². The van der Waals surface area contributed by atoms with Gasteiger partial charge >= 0.3 is 0 Å². The van der Waals surface area contributed by atoms with E-state index in [9.17, 15) is 8.42 Å². The Bertz CT molecular complexity index is 229. The lowest BCUT2D eigenvalue weighted by atomic mass is 10.7. The fourth-order valence-electron chi connectivity index (χ4n) is 0.480. The summed E-state index contributed by atoms with van der Waals surface area (Å²) >= 11 is 1.32. The maximum atomic E-state index is 10.7. The molecule has 0 fully saturated rings. The summed E-state index contributed by atoms with van der Waals surface area (Å²) in [7, 11) is -2.92. The second kappa shape index (κ2) is 2.32. The fourth-order valence-corrected chi connectivity index (χ4v) is 2.29. The molecule has 3 nitrogen and oxygen atoms in total. The maximum absolute atomic E-state index is 10.7. The monoisotopic (exact) mass is 165 g/mol. The van der Waals surface area contributed by atoms with Crippen molar-refractivity contribution in [2.45, 2.75) is 0 Å². The first-order valence-corrected chi connectivity index (χ1v) is 5.15. The van der Waals surface area contributed by atoms with E-state index in [-0.39, 0.29) is 0 Å². The van der Waals surface area contributed by atoms with Crippen LogP contribution >= 0.6 is 11.9 Å². The number of sulfone groups is 1. The Morgan fingerprint density at radius 3 is 2.67 bits per heavy atom. The quantitative estimate of drug-likeness (QED) is 0.561. The molecule has 1 aliphatic rings. The van der Waals surface area contributed by atoms with Gasteiger partial charge in [0.25, 0.3) is 0 Å². The Kier molecular flexibility index (Phi) is 1.83. The second-order valence-electron chi connectivity index (χ2n) is 1.80. The Morgan fingerprint density at radius 1 is 1.78 bits per heavy atom. The number of rotatable bonds is 1. The van der Waals surface area contributed by atoms with Gasteiger partial charge in [-0.2, -0.15) is 0 Å². The molecule has 0 aromatic heterocycles.